The van der Waals surface area contributed by atoms with Crippen molar-refractivity contribution in [1.29, 1.82) is 0 Å². The molecule has 0 bridgehead atoms. The molecular weight excluding hydrogens is 444 g/mol. The summed E-state index contributed by atoms with van der Waals surface area (Å²) in [5, 5.41) is 0. The molecule has 1 N–H and O–H groups in total. The van der Waals surface area contributed by atoms with Gasteiger partial charge in [-0.2, -0.15) is 0 Å². The number of rotatable bonds is 8. The highest BCUT2D eigenvalue weighted by atomic mass is 32.2. The Morgan fingerprint density at radius 1 is 1.16 bits per heavy atom. The molecule has 0 radical (unpaired) electrons. The second kappa shape index (κ2) is 8.85. The third kappa shape index (κ3) is 4.83. The molecule has 0 spiro atoms. The maximum atomic E-state index is 13.0. The fraction of sp³-hybridized carbons (Fsp3) is 0.350. The first-order valence-corrected chi connectivity index (χ1v) is 12.6. The van der Waals surface area contributed by atoms with Crippen LogP contribution in [0, 0.1) is 5.92 Å². The van der Waals surface area contributed by atoms with Gasteiger partial charge in [-0.25, -0.2) is 25.9 Å². The highest BCUT2D eigenvalue weighted by molar-refractivity contribution is 7.94. The van der Waals surface area contributed by atoms with Gasteiger partial charge in [-0.15, -0.1) is 0 Å². The van der Waals surface area contributed by atoms with Crippen LogP contribution in [-0.4, -0.2) is 42.2 Å². The Balaban J connectivity index is 1.95. The van der Waals surface area contributed by atoms with E-state index in [-0.39, 0.29) is 35.2 Å². The Bertz CT molecular complexity index is 1180. The second-order valence-corrected chi connectivity index (χ2v) is 10.6. The van der Waals surface area contributed by atoms with E-state index < -0.39 is 31.9 Å². The average molecular weight is 469 g/mol. The summed E-state index contributed by atoms with van der Waals surface area (Å²) in [7, 11) is -6.42. The van der Waals surface area contributed by atoms with Crippen molar-refractivity contribution in [3.63, 3.8) is 0 Å². The molecule has 1 fully saturated rings. The number of carbonyl (C=O) groups excluding carboxylic acids is 1. The van der Waals surface area contributed by atoms with Gasteiger partial charge >= 0.3 is 0 Å². The number of nitrogens with zero attached hydrogens (tertiary/aromatic N) is 1. The third-order valence-electron chi connectivity index (χ3n) is 4.74. The molecule has 1 saturated heterocycles. The van der Waals surface area contributed by atoms with E-state index in [0.717, 1.165) is 6.07 Å². The zero-order valence-electron chi connectivity index (χ0n) is 17.4. The maximum Gasteiger partial charge on any atom is 0.244 e. The minimum atomic E-state index is -4.09. The highest BCUT2D eigenvalue weighted by Gasteiger charge is 2.42. The number of hydrogen-bond acceptors (Lipinski definition) is 7. The standard InChI is InChI=1S/C20H24N2O7S2/c1-4-29-18-10-7-16(22-20(23)14(2)13-30(22,24)25)11-19(18)31(26,27)21-12-15-5-8-17(28-3)9-6-15/h5-11,14,21H,4,12-13H2,1-3H3. The lowest BCUT2D eigenvalue weighted by Gasteiger charge is -2.18. The van der Waals surface area contributed by atoms with Crippen molar-refractivity contribution in [1.82, 2.24) is 4.72 Å². The van der Waals surface area contributed by atoms with E-state index in [1.54, 1.807) is 31.2 Å². The lowest BCUT2D eigenvalue weighted by atomic mass is 10.2. The van der Waals surface area contributed by atoms with Gasteiger partial charge in [0.1, 0.15) is 16.4 Å². The number of carbonyl (C=O) groups is 1. The van der Waals surface area contributed by atoms with Gasteiger partial charge in [-0.05, 0) is 42.8 Å². The van der Waals surface area contributed by atoms with Crippen LogP contribution < -0.4 is 18.5 Å². The van der Waals surface area contributed by atoms with Crippen LogP contribution in [0.3, 0.4) is 0 Å². The van der Waals surface area contributed by atoms with Crippen LogP contribution in [0.5, 0.6) is 11.5 Å². The Hall–Kier alpha value is -2.63. The Morgan fingerprint density at radius 2 is 1.84 bits per heavy atom. The summed E-state index contributed by atoms with van der Waals surface area (Å²) < 4.78 is 64.6. The van der Waals surface area contributed by atoms with Crippen LogP contribution in [0.1, 0.15) is 19.4 Å². The predicted octanol–water partition coefficient (Wildman–Crippen LogP) is 1.88. The Morgan fingerprint density at radius 3 is 2.39 bits per heavy atom. The van der Waals surface area contributed by atoms with Crippen molar-refractivity contribution in [2.75, 3.05) is 23.8 Å². The van der Waals surface area contributed by atoms with Gasteiger partial charge in [-0.1, -0.05) is 19.1 Å². The van der Waals surface area contributed by atoms with Crippen LogP contribution in [0.15, 0.2) is 47.4 Å². The van der Waals surface area contributed by atoms with Crippen molar-refractivity contribution in [3.8, 4) is 11.5 Å². The minimum Gasteiger partial charge on any atom is -0.497 e. The Labute approximate surface area is 182 Å². The molecule has 1 aliphatic rings. The molecule has 1 atom stereocenters. The predicted molar refractivity (Wildman–Crippen MR) is 115 cm³/mol. The van der Waals surface area contributed by atoms with E-state index in [0.29, 0.717) is 15.6 Å². The summed E-state index contributed by atoms with van der Waals surface area (Å²) in [5.74, 6) is -0.922. The van der Waals surface area contributed by atoms with Gasteiger partial charge < -0.3 is 9.47 Å². The highest BCUT2D eigenvalue weighted by Crippen LogP contribution is 2.34. The number of amides is 1. The van der Waals surface area contributed by atoms with Crippen LogP contribution in [0.4, 0.5) is 5.69 Å². The molecule has 168 valence electrons. The fourth-order valence-corrected chi connectivity index (χ4v) is 6.19. The van der Waals surface area contributed by atoms with Crippen molar-refractivity contribution in [2.24, 2.45) is 5.92 Å². The van der Waals surface area contributed by atoms with Gasteiger partial charge in [0.2, 0.25) is 26.0 Å². The molecule has 9 nitrogen and oxygen atoms in total. The van der Waals surface area contributed by atoms with Crippen LogP contribution in [0.2, 0.25) is 0 Å². The zero-order valence-corrected chi connectivity index (χ0v) is 19.0. The summed E-state index contributed by atoms with van der Waals surface area (Å²) in [6.45, 7) is 3.42. The molecule has 0 saturated carbocycles. The molecule has 1 heterocycles. The van der Waals surface area contributed by atoms with Crippen LogP contribution in [0.25, 0.3) is 0 Å². The monoisotopic (exact) mass is 468 g/mol. The fourth-order valence-electron chi connectivity index (χ4n) is 3.19. The van der Waals surface area contributed by atoms with E-state index in [4.69, 9.17) is 9.47 Å². The molecule has 1 aliphatic heterocycles. The van der Waals surface area contributed by atoms with Gasteiger partial charge in [-0.3, -0.25) is 4.79 Å². The summed E-state index contributed by atoms with van der Waals surface area (Å²) in [5.41, 5.74) is 0.659. The minimum absolute atomic E-state index is 0.0000970. The maximum absolute atomic E-state index is 13.0. The van der Waals surface area contributed by atoms with Gasteiger partial charge in [0.05, 0.1) is 31.1 Å². The van der Waals surface area contributed by atoms with Gasteiger partial charge in [0, 0.05) is 6.54 Å². The Kier molecular flexibility index (Phi) is 6.58. The second-order valence-electron chi connectivity index (χ2n) is 7.02. The molecule has 1 amide bonds. The first kappa shape index (κ1) is 23.0. The van der Waals surface area contributed by atoms with E-state index in [9.17, 15) is 21.6 Å². The first-order chi connectivity index (χ1) is 14.6. The number of sulfonamides is 2. The van der Waals surface area contributed by atoms with Crippen molar-refractivity contribution >= 4 is 31.6 Å². The molecule has 0 aliphatic carbocycles. The van der Waals surface area contributed by atoms with Crippen molar-refractivity contribution < 1.29 is 31.1 Å². The quantitative estimate of drug-likeness (QED) is 0.628. The van der Waals surface area contributed by atoms with E-state index in [2.05, 4.69) is 4.72 Å². The van der Waals surface area contributed by atoms with Crippen LogP contribution >= 0.6 is 0 Å². The smallest absolute Gasteiger partial charge is 0.244 e. The lowest BCUT2D eigenvalue weighted by Crippen LogP contribution is -2.31. The zero-order chi connectivity index (χ0) is 22.8. The van der Waals surface area contributed by atoms with Crippen molar-refractivity contribution in [3.05, 3.63) is 48.0 Å². The SMILES string of the molecule is CCOc1ccc(N2C(=O)C(C)CS2(=O)=O)cc1S(=O)(=O)NCc1ccc(OC)cc1. The van der Waals surface area contributed by atoms with E-state index >= 15 is 0 Å². The lowest BCUT2D eigenvalue weighted by molar-refractivity contribution is -0.119. The number of hydrogen-bond donors (Lipinski definition) is 1. The third-order valence-corrected chi connectivity index (χ3v) is 8.03. The molecule has 0 aromatic heterocycles. The number of anilines is 1. The summed E-state index contributed by atoms with van der Waals surface area (Å²) in [4.78, 5) is 12.1. The van der Waals surface area contributed by atoms with Gasteiger partial charge in [0.25, 0.3) is 0 Å². The molecular formula is C20H24N2O7S2. The molecule has 11 heteroatoms. The topological polar surface area (TPSA) is 119 Å². The first-order valence-electron chi connectivity index (χ1n) is 9.55. The number of ether oxygens (including phenoxy) is 2. The summed E-state index contributed by atoms with van der Waals surface area (Å²) in [6.07, 6.45) is 0. The van der Waals surface area contributed by atoms with E-state index in [1.165, 1.54) is 26.2 Å². The molecule has 31 heavy (non-hydrogen) atoms. The molecule has 2 aromatic carbocycles. The molecule has 1 unspecified atom stereocenters. The number of nitrogens with one attached hydrogen (secondary N) is 1. The molecule has 3 rings (SSSR count). The number of benzene rings is 2. The summed E-state index contributed by atoms with van der Waals surface area (Å²) >= 11 is 0. The van der Waals surface area contributed by atoms with Crippen LogP contribution in [-0.2, 0) is 31.4 Å². The van der Waals surface area contributed by atoms with Gasteiger partial charge in [0.15, 0.2) is 0 Å². The number of methoxy groups -OCH3 is 1. The largest absolute Gasteiger partial charge is 0.497 e. The average Bonchev–Trinajstić information content (AvgIpc) is 2.94. The summed E-state index contributed by atoms with van der Waals surface area (Å²) in [6, 6.07) is 10.7. The van der Waals surface area contributed by atoms with E-state index in [1.807, 2.05) is 0 Å². The normalized spacial score (nSPS) is 18.2. The molecule has 2 aromatic rings. The van der Waals surface area contributed by atoms with Crippen molar-refractivity contribution in [2.45, 2.75) is 25.3 Å².